The number of carbonyl (C=O) groups excluding carboxylic acids is 1. The molecule has 8 nitrogen and oxygen atoms in total. The number of hydrogen-bond donors (Lipinski definition) is 1. The van der Waals surface area contributed by atoms with Crippen LogP contribution in [0.3, 0.4) is 0 Å². The zero-order valence-corrected chi connectivity index (χ0v) is 29.3. The number of likely N-dealkylation sites (N-methyl/N-ethyl adjacent to an activating group) is 1. The van der Waals surface area contributed by atoms with E-state index < -0.39 is 13.9 Å². The fourth-order valence-corrected chi connectivity index (χ4v) is 5.03. The molecule has 254 valence electrons. The number of rotatable bonds is 31. The Morgan fingerprint density at radius 3 is 1.88 bits per heavy atom. The van der Waals surface area contributed by atoms with Crippen molar-refractivity contribution < 1.29 is 37.3 Å². The molecule has 0 aromatic heterocycles. The maximum absolute atomic E-state index is 12.3. The summed E-state index contributed by atoms with van der Waals surface area (Å²) < 4.78 is 34.4. The summed E-state index contributed by atoms with van der Waals surface area (Å²) in [6.45, 7) is 5.44. The number of phosphoric acid groups is 1. The Bertz CT molecular complexity index is 752. The number of allylic oxidation sites excluding steroid dienone is 4. The van der Waals surface area contributed by atoms with Gasteiger partial charge in [0.1, 0.15) is 19.3 Å². The van der Waals surface area contributed by atoms with E-state index in [1.165, 1.54) is 57.8 Å². The third-order valence-electron chi connectivity index (χ3n) is 7.02. The third kappa shape index (κ3) is 32.2. The lowest BCUT2D eigenvalue weighted by molar-refractivity contribution is -0.870. The van der Waals surface area contributed by atoms with Crippen LogP contribution in [0, 0.1) is 0 Å². The van der Waals surface area contributed by atoms with Crippen LogP contribution in [0.25, 0.3) is 0 Å². The second-order valence-electron chi connectivity index (χ2n) is 12.5. The van der Waals surface area contributed by atoms with E-state index in [9.17, 15) is 14.3 Å². The quantitative estimate of drug-likeness (QED) is 0.0268. The van der Waals surface area contributed by atoms with Gasteiger partial charge in [0.05, 0.1) is 34.4 Å². The summed E-state index contributed by atoms with van der Waals surface area (Å²) in [6.07, 6.45) is 28.2. The molecule has 0 aliphatic carbocycles. The standard InChI is InChI=1S/C34H66NO7P/c1-6-8-10-12-13-14-15-16-17-18-19-20-21-22-23-24-26-29-39-31-33(42-34(36)27-25-11-9-7-2)32-41-43(37,38)40-30-28-35(3,4)5/h14-15,17-18,33H,6-13,16,19-32H2,1-5H3/p+1/b15-14-,18-17-. The van der Waals surface area contributed by atoms with Crippen LogP contribution in [0.15, 0.2) is 24.3 Å². The molecule has 0 radical (unpaired) electrons. The van der Waals surface area contributed by atoms with Gasteiger partial charge in [0, 0.05) is 13.0 Å². The fourth-order valence-electron chi connectivity index (χ4n) is 4.29. The zero-order valence-electron chi connectivity index (χ0n) is 28.4. The first kappa shape index (κ1) is 42.0. The van der Waals surface area contributed by atoms with Crippen LogP contribution in [-0.4, -0.2) is 75.6 Å². The predicted octanol–water partition coefficient (Wildman–Crippen LogP) is 8.93. The van der Waals surface area contributed by atoms with Gasteiger partial charge < -0.3 is 18.9 Å². The van der Waals surface area contributed by atoms with Crippen molar-refractivity contribution >= 4 is 13.8 Å². The normalized spacial score (nSPS) is 14.5. The van der Waals surface area contributed by atoms with Gasteiger partial charge in [-0.05, 0) is 44.9 Å². The molecule has 0 aromatic rings. The van der Waals surface area contributed by atoms with Crippen LogP contribution in [-0.2, 0) is 27.9 Å². The highest BCUT2D eigenvalue weighted by atomic mass is 31.2. The van der Waals surface area contributed by atoms with Gasteiger partial charge in [0.25, 0.3) is 0 Å². The lowest BCUT2D eigenvalue weighted by Crippen LogP contribution is -2.37. The monoisotopic (exact) mass is 632 g/mol. The van der Waals surface area contributed by atoms with E-state index in [1.54, 1.807) is 0 Å². The minimum atomic E-state index is -4.25. The molecular formula is C34H67NO7P+. The van der Waals surface area contributed by atoms with Gasteiger partial charge >= 0.3 is 13.8 Å². The van der Waals surface area contributed by atoms with Crippen LogP contribution < -0.4 is 0 Å². The van der Waals surface area contributed by atoms with Crippen molar-refractivity contribution in [2.45, 2.75) is 136 Å². The number of phosphoric ester groups is 1. The smallest absolute Gasteiger partial charge is 0.457 e. The van der Waals surface area contributed by atoms with Crippen LogP contribution in [0.5, 0.6) is 0 Å². The number of ether oxygens (including phenoxy) is 2. The second kappa shape index (κ2) is 28.5. The Balaban J connectivity index is 4.14. The average Bonchev–Trinajstić information content (AvgIpc) is 2.94. The summed E-state index contributed by atoms with van der Waals surface area (Å²) in [4.78, 5) is 22.4. The molecule has 0 rings (SSSR count). The highest BCUT2D eigenvalue weighted by Crippen LogP contribution is 2.43. The third-order valence-corrected chi connectivity index (χ3v) is 8.00. The number of nitrogens with zero attached hydrogens (tertiary/aromatic N) is 1. The van der Waals surface area contributed by atoms with Gasteiger partial charge in [0.2, 0.25) is 0 Å². The van der Waals surface area contributed by atoms with Crippen molar-refractivity contribution in [2.24, 2.45) is 0 Å². The van der Waals surface area contributed by atoms with Crippen LogP contribution in [0.1, 0.15) is 129 Å². The van der Waals surface area contributed by atoms with Gasteiger partial charge in [-0.2, -0.15) is 0 Å². The van der Waals surface area contributed by atoms with Crippen molar-refractivity contribution in [3.8, 4) is 0 Å². The summed E-state index contributed by atoms with van der Waals surface area (Å²) in [7, 11) is 1.65. The Morgan fingerprint density at radius 1 is 0.721 bits per heavy atom. The number of unbranched alkanes of at least 4 members (excludes halogenated alkanes) is 13. The second-order valence-corrected chi connectivity index (χ2v) is 14.0. The lowest BCUT2D eigenvalue weighted by atomic mass is 10.1. The molecule has 9 heteroatoms. The van der Waals surface area contributed by atoms with Gasteiger partial charge in [-0.3, -0.25) is 13.8 Å². The molecule has 0 aliphatic rings. The molecule has 0 amide bonds. The number of quaternary nitrogens is 1. The Hall–Kier alpha value is -1.02. The first-order valence-electron chi connectivity index (χ1n) is 17.1. The topological polar surface area (TPSA) is 91.3 Å². The van der Waals surface area contributed by atoms with E-state index in [4.69, 9.17) is 18.5 Å². The van der Waals surface area contributed by atoms with Crippen LogP contribution in [0.4, 0.5) is 0 Å². The largest absolute Gasteiger partial charge is 0.472 e. The summed E-state index contributed by atoms with van der Waals surface area (Å²) in [5.41, 5.74) is 0. The SMILES string of the molecule is CCCCCC/C=C\C/C=C\CCCCCCCCOCC(COP(=O)(O)OCC[N+](C)(C)C)OC(=O)CCCCCC. The summed E-state index contributed by atoms with van der Waals surface area (Å²) in [5, 5.41) is 0. The van der Waals surface area contributed by atoms with Gasteiger partial charge in [0.15, 0.2) is 0 Å². The summed E-state index contributed by atoms with van der Waals surface area (Å²) in [5.74, 6) is -0.337. The first-order valence-corrected chi connectivity index (χ1v) is 18.6. The lowest BCUT2D eigenvalue weighted by Gasteiger charge is -2.24. The molecule has 0 saturated carbocycles. The number of esters is 1. The highest BCUT2D eigenvalue weighted by molar-refractivity contribution is 7.47. The van der Waals surface area contributed by atoms with E-state index >= 15 is 0 Å². The number of hydrogen-bond acceptors (Lipinski definition) is 6. The molecule has 0 fully saturated rings. The Kier molecular flexibility index (Phi) is 27.8. The van der Waals surface area contributed by atoms with Gasteiger partial charge in [-0.15, -0.1) is 0 Å². The van der Waals surface area contributed by atoms with Crippen LogP contribution in [0.2, 0.25) is 0 Å². The molecule has 0 bridgehead atoms. The molecule has 0 heterocycles. The Morgan fingerprint density at radius 2 is 1.28 bits per heavy atom. The molecule has 43 heavy (non-hydrogen) atoms. The maximum Gasteiger partial charge on any atom is 0.472 e. The highest BCUT2D eigenvalue weighted by Gasteiger charge is 2.26. The van der Waals surface area contributed by atoms with Crippen molar-refractivity contribution in [1.29, 1.82) is 0 Å². The van der Waals surface area contributed by atoms with E-state index in [0.717, 1.165) is 51.4 Å². The molecule has 2 unspecified atom stereocenters. The molecule has 1 N–H and O–H groups in total. The minimum Gasteiger partial charge on any atom is -0.457 e. The van der Waals surface area contributed by atoms with E-state index in [-0.39, 0.29) is 25.8 Å². The zero-order chi connectivity index (χ0) is 32.1. The molecule has 0 saturated heterocycles. The molecular weight excluding hydrogens is 565 g/mol. The van der Waals surface area contributed by atoms with E-state index in [1.807, 2.05) is 21.1 Å². The molecule has 2 atom stereocenters. The summed E-state index contributed by atoms with van der Waals surface area (Å²) >= 11 is 0. The first-order chi connectivity index (χ1) is 20.6. The Labute approximate surface area is 264 Å². The predicted molar refractivity (Wildman–Crippen MR) is 178 cm³/mol. The van der Waals surface area contributed by atoms with Gasteiger partial charge in [-0.25, -0.2) is 4.57 Å². The maximum atomic E-state index is 12.3. The minimum absolute atomic E-state index is 0.0866. The number of carbonyl (C=O) groups is 1. The van der Waals surface area contributed by atoms with Gasteiger partial charge in [-0.1, -0.05) is 102 Å². The molecule has 0 spiro atoms. The van der Waals surface area contributed by atoms with Crippen molar-refractivity contribution in [2.75, 3.05) is 54.1 Å². The van der Waals surface area contributed by atoms with E-state index in [0.29, 0.717) is 24.1 Å². The molecule has 0 aliphatic heterocycles. The summed E-state index contributed by atoms with van der Waals surface area (Å²) in [6, 6.07) is 0. The van der Waals surface area contributed by atoms with Crippen molar-refractivity contribution in [1.82, 2.24) is 0 Å². The van der Waals surface area contributed by atoms with Crippen LogP contribution >= 0.6 is 7.82 Å². The fraction of sp³-hybridized carbons (Fsp3) is 0.853. The van der Waals surface area contributed by atoms with E-state index in [2.05, 4.69) is 38.2 Å². The molecule has 0 aromatic carbocycles. The average molecular weight is 633 g/mol. The van der Waals surface area contributed by atoms with Crippen molar-refractivity contribution in [3.63, 3.8) is 0 Å². The van der Waals surface area contributed by atoms with Crippen molar-refractivity contribution in [3.05, 3.63) is 24.3 Å².